The van der Waals surface area contributed by atoms with E-state index < -0.39 is 0 Å². The summed E-state index contributed by atoms with van der Waals surface area (Å²) >= 11 is 6.01. The Hall–Kier alpha value is -2.01. The summed E-state index contributed by atoms with van der Waals surface area (Å²) in [7, 11) is 3.47. The molecule has 20 heavy (non-hydrogen) atoms. The van der Waals surface area contributed by atoms with Crippen LogP contribution in [0.2, 0.25) is 5.02 Å². The Morgan fingerprint density at radius 1 is 1.45 bits per heavy atom. The minimum atomic E-state index is -0.198. The molecule has 1 aromatic heterocycles. The van der Waals surface area contributed by atoms with Gasteiger partial charge in [0.15, 0.2) is 0 Å². The van der Waals surface area contributed by atoms with E-state index in [1.807, 2.05) is 26.2 Å². The molecular formula is C14H17ClN4O. The normalized spacial score (nSPS) is 10.4. The molecule has 2 aromatic rings. The van der Waals surface area contributed by atoms with Crippen molar-refractivity contribution in [1.29, 1.82) is 0 Å². The van der Waals surface area contributed by atoms with Crippen molar-refractivity contribution in [3.63, 3.8) is 0 Å². The van der Waals surface area contributed by atoms with Crippen LogP contribution in [-0.2, 0) is 13.6 Å². The lowest BCUT2D eigenvalue weighted by Crippen LogP contribution is -2.18. The number of aromatic nitrogens is 2. The van der Waals surface area contributed by atoms with Crippen LogP contribution in [0.15, 0.2) is 24.4 Å². The van der Waals surface area contributed by atoms with Gasteiger partial charge in [-0.15, -0.1) is 0 Å². The lowest BCUT2D eigenvalue weighted by atomic mass is 10.1. The number of hydrogen-bond acceptors (Lipinski definition) is 3. The summed E-state index contributed by atoms with van der Waals surface area (Å²) in [6.45, 7) is 2.61. The predicted octanol–water partition coefficient (Wildman–Crippen LogP) is 2.35. The number of amides is 1. The van der Waals surface area contributed by atoms with Crippen LogP contribution in [0, 0.1) is 6.92 Å². The van der Waals surface area contributed by atoms with E-state index in [0.29, 0.717) is 17.1 Å². The molecule has 2 N–H and O–H groups in total. The van der Waals surface area contributed by atoms with Crippen LogP contribution in [0.3, 0.4) is 0 Å². The number of nitrogens with one attached hydrogen (secondary N) is 2. The highest BCUT2D eigenvalue weighted by atomic mass is 35.5. The Balaban J connectivity index is 2.14. The van der Waals surface area contributed by atoms with Crippen LogP contribution >= 0.6 is 11.6 Å². The second-order valence-corrected chi connectivity index (χ2v) is 4.95. The van der Waals surface area contributed by atoms with Crippen LogP contribution in [0.1, 0.15) is 21.6 Å². The lowest BCUT2D eigenvalue weighted by Gasteiger charge is -2.09. The van der Waals surface area contributed by atoms with Gasteiger partial charge >= 0.3 is 0 Å². The van der Waals surface area contributed by atoms with Gasteiger partial charge in [0, 0.05) is 38.1 Å². The Kier molecular flexibility index (Phi) is 4.29. The molecule has 0 unspecified atom stereocenters. The van der Waals surface area contributed by atoms with E-state index in [4.69, 9.17) is 11.6 Å². The van der Waals surface area contributed by atoms with Crippen LogP contribution in [0.25, 0.3) is 0 Å². The number of carbonyl (C=O) groups is 1. The van der Waals surface area contributed by atoms with Gasteiger partial charge in [0.25, 0.3) is 5.91 Å². The summed E-state index contributed by atoms with van der Waals surface area (Å²) in [5.74, 6) is -0.198. The molecule has 0 spiro atoms. The number of aryl methyl sites for hydroxylation is 2. The maximum absolute atomic E-state index is 11.7. The van der Waals surface area contributed by atoms with Gasteiger partial charge in [-0.05, 0) is 25.1 Å². The van der Waals surface area contributed by atoms with Gasteiger partial charge < -0.3 is 10.6 Å². The Labute approximate surface area is 122 Å². The van der Waals surface area contributed by atoms with Crippen LogP contribution in [-0.4, -0.2) is 22.7 Å². The number of carbonyl (C=O) groups excluding carboxylic acids is 1. The van der Waals surface area contributed by atoms with Crippen molar-refractivity contribution in [2.24, 2.45) is 7.05 Å². The van der Waals surface area contributed by atoms with Crippen LogP contribution in [0.5, 0.6) is 0 Å². The van der Waals surface area contributed by atoms with Crippen molar-refractivity contribution in [3.8, 4) is 0 Å². The molecule has 0 radical (unpaired) electrons. The van der Waals surface area contributed by atoms with E-state index in [1.54, 1.807) is 23.9 Å². The minimum Gasteiger partial charge on any atom is -0.381 e. The fourth-order valence-electron chi connectivity index (χ4n) is 1.96. The molecule has 5 nitrogen and oxygen atoms in total. The Bertz CT molecular complexity index is 636. The summed E-state index contributed by atoms with van der Waals surface area (Å²) < 4.78 is 1.78. The molecule has 2 rings (SSSR count). The molecule has 1 aromatic carbocycles. The molecule has 0 atom stereocenters. The van der Waals surface area contributed by atoms with Gasteiger partial charge in [-0.25, -0.2) is 0 Å². The van der Waals surface area contributed by atoms with Gasteiger partial charge in [0.2, 0.25) is 0 Å². The van der Waals surface area contributed by atoms with Crippen molar-refractivity contribution < 1.29 is 4.79 Å². The summed E-state index contributed by atoms with van der Waals surface area (Å²) in [6, 6.07) is 5.30. The molecule has 0 saturated carbocycles. The average Bonchev–Trinajstić information content (AvgIpc) is 2.75. The summed E-state index contributed by atoms with van der Waals surface area (Å²) in [4.78, 5) is 11.7. The van der Waals surface area contributed by atoms with E-state index in [9.17, 15) is 4.79 Å². The van der Waals surface area contributed by atoms with Gasteiger partial charge in [0.1, 0.15) is 0 Å². The standard InChI is InChI=1S/C14H17ClN4O/c1-9-10(8-19(3)18-9)7-17-11-4-5-13(15)12(6-11)14(20)16-2/h4-6,8,17H,7H2,1-3H3,(H,16,20). The molecule has 1 heterocycles. The predicted molar refractivity (Wildman–Crippen MR) is 80.1 cm³/mol. The SMILES string of the molecule is CNC(=O)c1cc(NCc2cn(C)nc2C)ccc1Cl. The number of hydrogen-bond donors (Lipinski definition) is 2. The Morgan fingerprint density at radius 3 is 2.80 bits per heavy atom. The van der Waals surface area contributed by atoms with Gasteiger partial charge in [0.05, 0.1) is 16.3 Å². The highest BCUT2D eigenvalue weighted by Gasteiger charge is 2.10. The average molecular weight is 293 g/mol. The molecule has 0 saturated heterocycles. The maximum Gasteiger partial charge on any atom is 0.252 e. The molecule has 6 heteroatoms. The minimum absolute atomic E-state index is 0.198. The fraction of sp³-hybridized carbons (Fsp3) is 0.286. The van der Waals surface area contributed by atoms with Gasteiger partial charge in [-0.2, -0.15) is 5.10 Å². The lowest BCUT2D eigenvalue weighted by molar-refractivity contribution is 0.0963. The zero-order valence-corrected chi connectivity index (χ0v) is 12.5. The van der Waals surface area contributed by atoms with Crippen molar-refractivity contribution in [3.05, 3.63) is 46.2 Å². The number of halogens is 1. The highest BCUT2D eigenvalue weighted by Crippen LogP contribution is 2.21. The molecule has 0 aliphatic rings. The quantitative estimate of drug-likeness (QED) is 0.909. The third-order valence-electron chi connectivity index (χ3n) is 3.04. The van der Waals surface area contributed by atoms with E-state index >= 15 is 0 Å². The second-order valence-electron chi connectivity index (χ2n) is 4.54. The third-order valence-corrected chi connectivity index (χ3v) is 3.37. The van der Waals surface area contributed by atoms with E-state index in [2.05, 4.69) is 15.7 Å². The first-order valence-electron chi connectivity index (χ1n) is 6.26. The number of benzene rings is 1. The van der Waals surface area contributed by atoms with Gasteiger partial charge in [-0.1, -0.05) is 11.6 Å². The number of rotatable bonds is 4. The van der Waals surface area contributed by atoms with Crippen LogP contribution < -0.4 is 10.6 Å². The summed E-state index contributed by atoms with van der Waals surface area (Å²) in [5.41, 5.74) is 3.41. The molecule has 0 bridgehead atoms. The molecule has 1 amide bonds. The zero-order chi connectivity index (χ0) is 14.7. The van der Waals surface area contributed by atoms with Gasteiger partial charge in [-0.3, -0.25) is 9.48 Å². The summed E-state index contributed by atoms with van der Waals surface area (Å²) in [6.07, 6.45) is 1.97. The number of anilines is 1. The Morgan fingerprint density at radius 2 is 2.20 bits per heavy atom. The molecular weight excluding hydrogens is 276 g/mol. The van der Waals surface area contributed by atoms with Crippen LogP contribution in [0.4, 0.5) is 5.69 Å². The smallest absolute Gasteiger partial charge is 0.252 e. The largest absolute Gasteiger partial charge is 0.381 e. The monoisotopic (exact) mass is 292 g/mol. The molecule has 0 aliphatic heterocycles. The van der Waals surface area contributed by atoms with E-state index in [-0.39, 0.29) is 5.91 Å². The van der Waals surface area contributed by atoms with Crippen molar-refractivity contribution in [2.45, 2.75) is 13.5 Å². The van der Waals surface area contributed by atoms with E-state index in [0.717, 1.165) is 16.9 Å². The van der Waals surface area contributed by atoms with Crippen molar-refractivity contribution in [1.82, 2.24) is 15.1 Å². The third kappa shape index (κ3) is 3.11. The molecule has 0 aliphatic carbocycles. The topological polar surface area (TPSA) is 59.0 Å². The highest BCUT2D eigenvalue weighted by molar-refractivity contribution is 6.34. The second kappa shape index (κ2) is 5.96. The zero-order valence-electron chi connectivity index (χ0n) is 11.7. The first-order chi connectivity index (χ1) is 9.51. The molecule has 0 fully saturated rings. The fourth-order valence-corrected chi connectivity index (χ4v) is 2.17. The first kappa shape index (κ1) is 14.4. The number of nitrogens with zero attached hydrogens (tertiary/aromatic N) is 2. The van der Waals surface area contributed by atoms with E-state index in [1.165, 1.54) is 0 Å². The van der Waals surface area contributed by atoms with Crippen molar-refractivity contribution in [2.75, 3.05) is 12.4 Å². The maximum atomic E-state index is 11.7. The summed E-state index contributed by atoms with van der Waals surface area (Å²) in [5, 5.41) is 10.6. The van der Waals surface area contributed by atoms with Crippen molar-refractivity contribution >= 4 is 23.2 Å². The molecule has 106 valence electrons. The first-order valence-corrected chi connectivity index (χ1v) is 6.63.